The molecule has 1 N–H and O–H groups in total. The van der Waals surface area contributed by atoms with Gasteiger partial charge in [-0.15, -0.1) is 0 Å². The predicted octanol–water partition coefficient (Wildman–Crippen LogP) is 1.37. The van der Waals surface area contributed by atoms with E-state index in [9.17, 15) is 14.7 Å². The molecular weight excluding hydrogens is 270 g/mol. The van der Waals surface area contributed by atoms with Crippen molar-refractivity contribution in [1.29, 1.82) is 0 Å². The van der Waals surface area contributed by atoms with Gasteiger partial charge in [0.2, 0.25) is 5.91 Å². The maximum absolute atomic E-state index is 13.0. The zero-order valence-corrected chi connectivity index (χ0v) is 12.2. The lowest BCUT2D eigenvalue weighted by atomic mass is 9.51. The van der Waals surface area contributed by atoms with Gasteiger partial charge in [-0.2, -0.15) is 0 Å². The number of hydrogen-bond acceptors (Lipinski definition) is 3. The Morgan fingerprint density at radius 3 is 2.19 bits per heavy atom. The van der Waals surface area contributed by atoms with Gasteiger partial charge in [0.05, 0.1) is 13.2 Å². The third-order valence-corrected chi connectivity index (χ3v) is 6.21. The molecule has 1 aliphatic heterocycles. The Morgan fingerprint density at radius 2 is 1.62 bits per heavy atom. The van der Waals surface area contributed by atoms with E-state index in [1.807, 2.05) is 0 Å². The number of carboxylic acids is 1. The molecule has 0 aromatic carbocycles. The van der Waals surface area contributed by atoms with Crippen LogP contribution in [-0.4, -0.2) is 47.7 Å². The fourth-order valence-electron chi connectivity index (χ4n) is 5.59. The van der Waals surface area contributed by atoms with Crippen molar-refractivity contribution in [3.8, 4) is 0 Å². The van der Waals surface area contributed by atoms with Crippen LogP contribution in [0.15, 0.2) is 0 Å². The topological polar surface area (TPSA) is 66.8 Å². The molecule has 1 heterocycles. The highest BCUT2D eigenvalue weighted by Crippen LogP contribution is 2.56. The summed E-state index contributed by atoms with van der Waals surface area (Å²) in [5.74, 6) is 1.91. The Morgan fingerprint density at radius 1 is 1.00 bits per heavy atom. The number of rotatable bonds is 2. The molecule has 1 atom stereocenters. The molecular formula is C16H23NO4. The van der Waals surface area contributed by atoms with Crippen LogP contribution in [0.25, 0.3) is 0 Å². The summed E-state index contributed by atoms with van der Waals surface area (Å²) in [4.78, 5) is 26.0. The van der Waals surface area contributed by atoms with Gasteiger partial charge >= 0.3 is 5.97 Å². The maximum atomic E-state index is 13.0. The Bertz CT molecular complexity index is 435. The van der Waals surface area contributed by atoms with E-state index in [4.69, 9.17) is 4.74 Å². The summed E-state index contributed by atoms with van der Waals surface area (Å²) in [6.45, 7) is 1.02. The van der Waals surface area contributed by atoms with Gasteiger partial charge in [-0.1, -0.05) is 0 Å². The summed E-state index contributed by atoms with van der Waals surface area (Å²) in [7, 11) is 0. The lowest BCUT2D eigenvalue weighted by molar-refractivity contribution is -0.167. The summed E-state index contributed by atoms with van der Waals surface area (Å²) in [6, 6.07) is -0.788. The molecule has 5 rings (SSSR count). The first kappa shape index (κ1) is 13.6. The predicted molar refractivity (Wildman–Crippen MR) is 74.5 cm³/mol. The molecule has 5 heteroatoms. The van der Waals surface area contributed by atoms with Crippen molar-refractivity contribution in [1.82, 2.24) is 4.90 Å². The molecule has 0 aromatic heterocycles. The Hall–Kier alpha value is -1.10. The Kier molecular flexibility index (Phi) is 3.21. The number of carbonyl (C=O) groups is 2. The van der Waals surface area contributed by atoms with Crippen LogP contribution in [-0.2, 0) is 14.3 Å². The standard InChI is InChI=1S/C16H23NO4/c18-15(17-1-2-21-8-13(17)16(19)20)14-11-4-9-3-10(6-11)7-12(14)5-9/h9-14H,1-8H2,(H,19,20). The van der Waals surface area contributed by atoms with Crippen molar-refractivity contribution in [3.63, 3.8) is 0 Å². The van der Waals surface area contributed by atoms with Gasteiger partial charge in [0.25, 0.3) is 0 Å². The van der Waals surface area contributed by atoms with Crippen LogP contribution in [0.3, 0.4) is 0 Å². The van der Waals surface area contributed by atoms with Crippen LogP contribution in [0.4, 0.5) is 0 Å². The first-order chi connectivity index (χ1) is 10.1. The third kappa shape index (κ3) is 2.17. The van der Waals surface area contributed by atoms with Gasteiger partial charge in [0, 0.05) is 12.5 Å². The van der Waals surface area contributed by atoms with Crippen molar-refractivity contribution in [2.45, 2.75) is 38.1 Å². The summed E-state index contributed by atoms with van der Waals surface area (Å²) in [5, 5.41) is 9.33. The zero-order valence-electron chi connectivity index (χ0n) is 12.2. The quantitative estimate of drug-likeness (QED) is 0.835. The first-order valence-electron chi connectivity index (χ1n) is 8.24. The highest BCUT2D eigenvalue weighted by Gasteiger charge is 2.52. The molecule has 1 saturated heterocycles. The van der Waals surface area contributed by atoms with Crippen LogP contribution in [0.1, 0.15) is 32.1 Å². The molecule has 4 saturated carbocycles. The number of ether oxygens (including phenoxy) is 1. The van der Waals surface area contributed by atoms with Crippen molar-refractivity contribution in [2.75, 3.05) is 19.8 Å². The van der Waals surface area contributed by atoms with Crippen LogP contribution < -0.4 is 0 Å². The summed E-state index contributed by atoms with van der Waals surface area (Å²) >= 11 is 0. The van der Waals surface area contributed by atoms with Crippen LogP contribution >= 0.6 is 0 Å². The van der Waals surface area contributed by atoms with E-state index in [1.165, 1.54) is 32.1 Å². The van der Waals surface area contributed by atoms with Gasteiger partial charge in [-0.05, 0) is 55.8 Å². The average molecular weight is 293 g/mol. The summed E-state index contributed by atoms with van der Waals surface area (Å²) in [6.07, 6.45) is 6.11. The second-order valence-corrected chi connectivity index (χ2v) is 7.42. The van der Waals surface area contributed by atoms with E-state index in [2.05, 4.69) is 0 Å². The monoisotopic (exact) mass is 293 g/mol. The molecule has 5 fully saturated rings. The number of morpholine rings is 1. The summed E-state index contributed by atoms with van der Waals surface area (Å²) < 4.78 is 5.25. The SMILES string of the molecule is O=C(O)C1COCCN1C(=O)C1C2CC3CC(C2)CC1C3. The van der Waals surface area contributed by atoms with Crippen molar-refractivity contribution < 1.29 is 19.4 Å². The molecule has 4 bridgehead atoms. The van der Waals surface area contributed by atoms with Crippen LogP contribution in [0.5, 0.6) is 0 Å². The number of carboxylic acid groups (broad SMARTS) is 1. The van der Waals surface area contributed by atoms with E-state index >= 15 is 0 Å². The van der Waals surface area contributed by atoms with Gasteiger partial charge in [0.15, 0.2) is 6.04 Å². The van der Waals surface area contributed by atoms with E-state index in [-0.39, 0.29) is 18.4 Å². The minimum Gasteiger partial charge on any atom is -0.480 e. The summed E-state index contributed by atoms with van der Waals surface area (Å²) in [5.41, 5.74) is 0. The molecule has 21 heavy (non-hydrogen) atoms. The van der Waals surface area contributed by atoms with E-state index < -0.39 is 12.0 Å². The fraction of sp³-hybridized carbons (Fsp3) is 0.875. The molecule has 0 radical (unpaired) electrons. The number of amides is 1. The van der Waals surface area contributed by atoms with E-state index in [0.717, 1.165) is 11.8 Å². The van der Waals surface area contributed by atoms with Gasteiger partial charge in [-0.25, -0.2) is 4.79 Å². The molecule has 5 aliphatic rings. The van der Waals surface area contributed by atoms with Crippen molar-refractivity contribution in [2.24, 2.45) is 29.6 Å². The minimum atomic E-state index is -0.938. The molecule has 116 valence electrons. The Labute approximate surface area is 124 Å². The van der Waals surface area contributed by atoms with Gasteiger partial charge in [-0.3, -0.25) is 4.79 Å². The maximum Gasteiger partial charge on any atom is 0.328 e. The van der Waals surface area contributed by atoms with Gasteiger partial charge in [0.1, 0.15) is 0 Å². The normalized spacial score (nSPS) is 44.9. The number of aliphatic carboxylic acids is 1. The number of nitrogens with zero attached hydrogens (tertiary/aromatic N) is 1. The zero-order chi connectivity index (χ0) is 14.6. The molecule has 1 unspecified atom stereocenters. The lowest BCUT2D eigenvalue weighted by Crippen LogP contribution is -2.58. The second-order valence-electron chi connectivity index (χ2n) is 7.42. The lowest BCUT2D eigenvalue weighted by Gasteiger charge is -2.54. The second kappa shape index (κ2) is 4.97. The van der Waals surface area contributed by atoms with E-state index in [0.29, 0.717) is 25.0 Å². The first-order valence-corrected chi connectivity index (χ1v) is 8.24. The smallest absolute Gasteiger partial charge is 0.328 e. The third-order valence-electron chi connectivity index (χ3n) is 6.21. The highest BCUT2D eigenvalue weighted by molar-refractivity contribution is 5.86. The van der Waals surface area contributed by atoms with Crippen molar-refractivity contribution in [3.05, 3.63) is 0 Å². The van der Waals surface area contributed by atoms with Gasteiger partial charge < -0.3 is 14.7 Å². The molecule has 0 spiro atoms. The Balaban J connectivity index is 1.55. The minimum absolute atomic E-state index is 0.0812. The van der Waals surface area contributed by atoms with E-state index in [1.54, 1.807) is 4.90 Å². The largest absolute Gasteiger partial charge is 0.480 e. The molecule has 1 amide bonds. The van der Waals surface area contributed by atoms with Crippen LogP contribution in [0.2, 0.25) is 0 Å². The van der Waals surface area contributed by atoms with Crippen molar-refractivity contribution >= 4 is 11.9 Å². The average Bonchev–Trinajstić information content (AvgIpc) is 2.46. The highest BCUT2D eigenvalue weighted by atomic mass is 16.5. The number of carbonyl (C=O) groups excluding carboxylic acids is 1. The fourth-order valence-corrected chi connectivity index (χ4v) is 5.59. The molecule has 5 nitrogen and oxygen atoms in total. The molecule has 0 aromatic rings. The van der Waals surface area contributed by atoms with Crippen LogP contribution in [0, 0.1) is 29.6 Å². The number of hydrogen-bond donors (Lipinski definition) is 1. The molecule has 4 aliphatic carbocycles.